The van der Waals surface area contributed by atoms with Crippen molar-refractivity contribution in [3.8, 4) is 0 Å². The molecule has 6 heteroatoms. The molecule has 0 fully saturated rings. The summed E-state index contributed by atoms with van der Waals surface area (Å²) in [5.41, 5.74) is 0.615. The SMILES string of the molecule is Cc1nc(CNC(=O)c2c(F)cccc2Cl)cs1. The van der Waals surface area contributed by atoms with E-state index in [9.17, 15) is 9.18 Å². The maximum absolute atomic E-state index is 13.5. The minimum Gasteiger partial charge on any atom is -0.346 e. The van der Waals surface area contributed by atoms with E-state index in [4.69, 9.17) is 11.6 Å². The van der Waals surface area contributed by atoms with Crippen molar-refractivity contribution in [1.29, 1.82) is 0 Å². The van der Waals surface area contributed by atoms with Gasteiger partial charge in [-0.05, 0) is 19.1 Å². The summed E-state index contributed by atoms with van der Waals surface area (Å²) in [6.45, 7) is 2.14. The van der Waals surface area contributed by atoms with Gasteiger partial charge in [-0.1, -0.05) is 17.7 Å². The molecule has 1 aromatic carbocycles. The Morgan fingerprint density at radius 2 is 2.33 bits per heavy atom. The topological polar surface area (TPSA) is 42.0 Å². The number of amides is 1. The van der Waals surface area contributed by atoms with E-state index in [0.717, 1.165) is 10.7 Å². The van der Waals surface area contributed by atoms with E-state index < -0.39 is 11.7 Å². The average molecular weight is 285 g/mol. The van der Waals surface area contributed by atoms with Crippen molar-refractivity contribution in [2.45, 2.75) is 13.5 Å². The largest absolute Gasteiger partial charge is 0.346 e. The molecule has 0 radical (unpaired) electrons. The predicted molar refractivity (Wildman–Crippen MR) is 69.4 cm³/mol. The highest BCUT2D eigenvalue weighted by Gasteiger charge is 2.15. The van der Waals surface area contributed by atoms with Crippen molar-refractivity contribution in [2.75, 3.05) is 0 Å². The first kappa shape index (κ1) is 13.0. The number of thiazole rings is 1. The van der Waals surface area contributed by atoms with Crippen LogP contribution in [-0.4, -0.2) is 10.9 Å². The summed E-state index contributed by atoms with van der Waals surface area (Å²) >= 11 is 7.29. The zero-order valence-electron chi connectivity index (χ0n) is 9.54. The van der Waals surface area contributed by atoms with Crippen LogP contribution in [-0.2, 0) is 6.54 Å². The lowest BCUT2D eigenvalue weighted by Gasteiger charge is -2.06. The van der Waals surface area contributed by atoms with Crippen LogP contribution in [0.2, 0.25) is 5.02 Å². The van der Waals surface area contributed by atoms with Gasteiger partial charge in [0.25, 0.3) is 5.91 Å². The molecule has 1 amide bonds. The lowest BCUT2D eigenvalue weighted by Crippen LogP contribution is -2.24. The third kappa shape index (κ3) is 2.86. The van der Waals surface area contributed by atoms with Crippen LogP contribution in [0.5, 0.6) is 0 Å². The van der Waals surface area contributed by atoms with Gasteiger partial charge in [0.2, 0.25) is 0 Å². The lowest BCUT2D eigenvalue weighted by molar-refractivity contribution is 0.0946. The average Bonchev–Trinajstić information content (AvgIpc) is 2.72. The fraction of sp³-hybridized carbons (Fsp3) is 0.167. The highest BCUT2D eigenvalue weighted by molar-refractivity contribution is 7.09. The standard InChI is InChI=1S/C12H10ClFN2OS/c1-7-16-8(6-18-7)5-15-12(17)11-9(13)3-2-4-10(11)14/h2-4,6H,5H2,1H3,(H,15,17). The normalized spacial score (nSPS) is 10.4. The quantitative estimate of drug-likeness (QED) is 0.940. The first-order valence-corrected chi connectivity index (χ1v) is 6.47. The molecule has 1 aromatic heterocycles. The molecule has 0 unspecified atom stereocenters. The number of hydrogen-bond acceptors (Lipinski definition) is 3. The fourth-order valence-electron chi connectivity index (χ4n) is 1.46. The highest BCUT2D eigenvalue weighted by Crippen LogP contribution is 2.18. The Morgan fingerprint density at radius 3 is 2.94 bits per heavy atom. The Kier molecular flexibility index (Phi) is 3.93. The molecule has 2 aromatic rings. The number of aryl methyl sites for hydroxylation is 1. The van der Waals surface area contributed by atoms with Crippen LogP contribution in [0.3, 0.4) is 0 Å². The predicted octanol–water partition coefficient (Wildman–Crippen LogP) is 3.17. The van der Waals surface area contributed by atoms with Crippen LogP contribution >= 0.6 is 22.9 Å². The van der Waals surface area contributed by atoms with Crippen LogP contribution in [0.1, 0.15) is 21.1 Å². The zero-order valence-corrected chi connectivity index (χ0v) is 11.1. The first-order chi connectivity index (χ1) is 8.58. The minimum atomic E-state index is -0.630. The molecule has 0 aliphatic carbocycles. The Labute approximate surface area is 113 Å². The number of nitrogens with zero attached hydrogens (tertiary/aromatic N) is 1. The molecule has 0 saturated heterocycles. The second-order valence-electron chi connectivity index (χ2n) is 3.64. The Morgan fingerprint density at radius 1 is 1.56 bits per heavy atom. The summed E-state index contributed by atoms with van der Waals surface area (Å²) in [6, 6.07) is 4.14. The molecule has 1 heterocycles. The molecule has 3 nitrogen and oxygen atoms in total. The van der Waals surface area contributed by atoms with E-state index in [-0.39, 0.29) is 17.1 Å². The molecule has 0 spiro atoms. The second kappa shape index (κ2) is 5.46. The highest BCUT2D eigenvalue weighted by atomic mass is 35.5. The Hall–Kier alpha value is -1.46. The van der Waals surface area contributed by atoms with Gasteiger partial charge in [0, 0.05) is 5.38 Å². The number of nitrogens with one attached hydrogen (secondary N) is 1. The third-order valence-corrected chi connectivity index (χ3v) is 3.42. The molecule has 0 saturated carbocycles. The lowest BCUT2D eigenvalue weighted by atomic mass is 10.2. The number of benzene rings is 1. The molecule has 0 bridgehead atoms. The fourth-order valence-corrected chi connectivity index (χ4v) is 2.32. The second-order valence-corrected chi connectivity index (χ2v) is 5.11. The van der Waals surface area contributed by atoms with E-state index in [0.29, 0.717) is 0 Å². The van der Waals surface area contributed by atoms with Crippen molar-refractivity contribution < 1.29 is 9.18 Å². The summed E-state index contributed by atoms with van der Waals surface area (Å²) < 4.78 is 13.5. The van der Waals surface area contributed by atoms with Crippen molar-refractivity contribution in [1.82, 2.24) is 10.3 Å². The number of hydrogen-bond donors (Lipinski definition) is 1. The first-order valence-electron chi connectivity index (χ1n) is 5.21. The molecule has 2 rings (SSSR count). The van der Waals surface area contributed by atoms with E-state index in [1.165, 1.54) is 29.5 Å². The minimum absolute atomic E-state index is 0.0990. The van der Waals surface area contributed by atoms with Crippen LogP contribution < -0.4 is 5.32 Å². The molecule has 18 heavy (non-hydrogen) atoms. The van der Waals surface area contributed by atoms with Crippen molar-refractivity contribution in [3.05, 3.63) is 50.7 Å². The van der Waals surface area contributed by atoms with Crippen LogP contribution in [0, 0.1) is 12.7 Å². The van der Waals surface area contributed by atoms with E-state index >= 15 is 0 Å². The molecular weight excluding hydrogens is 275 g/mol. The monoisotopic (exact) mass is 284 g/mol. The Bertz CT molecular complexity index is 565. The maximum atomic E-state index is 13.5. The van der Waals surface area contributed by atoms with Crippen molar-refractivity contribution >= 4 is 28.8 Å². The summed E-state index contributed by atoms with van der Waals surface area (Å²) in [7, 11) is 0. The smallest absolute Gasteiger partial charge is 0.256 e. The Balaban J connectivity index is 2.08. The number of carbonyl (C=O) groups excluding carboxylic acids is 1. The molecule has 94 valence electrons. The van der Waals surface area contributed by atoms with Gasteiger partial charge in [0.05, 0.1) is 27.8 Å². The van der Waals surface area contributed by atoms with E-state index in [1.54, 1.807) is 0 Å². The van der Waals surface area contributed by atoms with Gasteiger partial charge in [-0.2, -0.15) is 0 Å². The summed E-state index contributed by atoms with van der Waals surface area (Å²) in [5, 5.41) is 5.46. The summed E-state index contributed by atoms with van der Waals surface area (Å²) in [6.07, 6.45) is 0. The number of halogens is 2. The number of aromatic nitrogens is 1. The van der Waals surface area contributed by atoms with Crippen LogP contribution in [0.25, 0.3) is 0 Å². The third-order valence-electron chi connectivity index (χ3n) is 2.29. The van der Waals surface area contributed by atoms with Crippen LogP contribution in [0.4, 0.5) is 4.39 Å². The van der Waals surface area contributed by atoms with Gasteiger partial charge < -0.3 is 5.32 Å². The molecule has 0 aliphatic heterocycles. The molecular formula is C12H10ClFN2OS. The van der Waals surface area contributed by atoms with Crippen LogP contribution in [0.15, 0.2) is 23.6 Å². The molecule has 1 N–H and O–H groups in total. The van der Waals surface area contributed by atoms with Gasteiger partial charge in [0.15, 0.2) is 0 Å². The van der Waals surface area contributed by atoms with Gasteiger partial charge in [-0.15, -0.1) is 11.3 Å². The van der Waals surface area contributed by atoms with E-state index in [1.807, 2.05) is 12.3 Å². The van der Waals surface area contributed by atoms with Gasteiger partial charge in [-0.3, -0.25) is 4.79 Å². The van der Waals surface area contributed by atoms with Gasteiger partial charge in [-0.25, -0.2) is 9.37 Å². The van der Waals surface area contributed by atoms with Crippen molar-refractivity contribution in [2.24, 2.45) is 0 Å². The maximum Gasteiger partial charge on any atom is 0.256 e. The van der Waals surface area contributed by atoms with Crippen molar-refractivity contribution in [3.63, 3.8) is 0 Å². The molecule has 0 aliphatic rings. The van der Waals surface area contributed by atoms with Gasteiger partial charge >= 0.3 is 0 Å². The summed E-state index contributed by atoms with van der Waals surface area (Å²) in [4.78, 5) is 16.0. The van der Waals surface area contributed by atoms with Gasteiger partial charge in [0.1, 0.15) is 5.82 Å². The van der Waals surface area contributed by atoms with E-state index in [2.05, 4.69) is 10.3 Å². The number of carbonyl (C=O) groups is 1. The summed E-state index contributed by atoms with van der Waals surface area (Å²) in [5.74, 6) is -1.17. The zero-order chi connectivity index (χ0) is 13.1. The number of rotatable bonds is 3. The molecule has 0 atom stereocenters.